The summed E-state index contributed by atoms with van der Waals surface area (Å²) < 4.78 is 10.8. The Morgan fingerprint density at radius 2 is 1.95 bits per heavy atom. The lowest BCUT2D eigenvalue weighted by molar-refractivity contribution is -0.121. The fourth-order valence-corrected chi connectivity index (χ4v) is 1.76. The molecule has 0 heterocycles. The highest BCUT2D eigenvalue weighted by Crippen LogP contribution is 2.23. The first-order valence-corrected chi connectivity index (χ1v) is 6.95. The molecule has 0 atom stereocenters. The summed E-state index contributed by atoms with van der Waals surface area (Å²) in [7, 11) is 1.59. The lowest BCUT2D eigenvalue weighted by Gasteiger charge is -2.23. The van der Waals surface area contributed by atoms with Gasteiger partial charge < -0.3 is 14.8 Å². The second kappa shape index (κ2) is 7.90. The number of rotatable bonds is 7. The summed E-state index contributed by atoms with van der Waals surface area (Å²) in [5.74, 6) is 0.896. The number of benzene rings is 1. The molecule has 1 aromatic rings. The van der Waals surface area contributed by atoms with Crippen LogP contribution in [0.15, 0.2) is 24.3 Å². The van der Waals surface area contributed by atoms with E-state index in [0.29, 0.717) is 19.6 Å². The highest BCUT2D eigenvalue weighted by molar-refractivity contribution is 5.75. The molecule has 1 aromatic carbocycles. The number of amides is 1. The zero-order valence-electron chi connectivity index (χ0n) is 12.9. The number of carbonyl (C=O) groups excluding carboxylic acids is 1. The van der Waals surface area contributed by atoms with Gasteiger partial charge in [-0.05, 0) is 38.8 Å². The SMILES string of the molecule is COCCC(=O)NCCc1ccccc1OC(C)(C)C. The second-order valence-electron chi connectivity index (χ2n) is 5.66. The van der Waals surface area contributed by atoms with Crippen LogP contribution in [0.1, 0.15) is 32.8 Å². The summed E-state index contributed by atoms with van der Waals surface area (Å²) in [4.78, 5) is 11.5. The van der Waals surface area contributed by atoms with E-state index in [2.05, 4.69) is 5.32 Å². The third kappa shape index (κ3) is 6.57. The molecule has 0 aliphatic heterocycles. The first kappa shape index (κ1) is 16.5. The van der Waals surface area contributed by atoms with Crippen molar-refractivity contribution in [2.24, 2.45) is 0 Å². The Morgan fingerprint density at radius 1 is 1.25 bits per heavy atom. The molecule has 20 heavy (non-hydrogen) atoms. The van der Waals surface area contributed by atoms with Gasteiger partial charge in [0.1, 0.15) is 11.4 Å². The average Bonchev–Trinajstić information content (AvgIpc) is 2.36. The summed E-state index contributed by atoms with van der Waals surface area (Å²) in [6.45, 7) is 7.13. The van der Waals surface area contributed by atoms with Crippen molar-refractivity contribution in [3.63, 3.8) is 0 Å². The minimum atomic E-state index is -0.224. The smallest absolute Gasteiger partial charge is 0.222 e. The number of methoxy groups -OCH3 is 1. The van der Waals surface area contributed by atoms with Crippen LogP contribution in [0.4, 0.5) is 0 Å². The average molecular weight is 279 g/mol. The monoisotopic (exact) mass is 279 g/mol. The Labute approximate surface area is 121 Å². The van der Waals surface area contributed by atoms with E-state index in [0.717, 1.165) is 17.7 Å². The fourth-order valence-electron chi connectivity index (χ4n) is 1.76. The highest BCUT2D eigenvalue weighted by Gasteiger charge is 2.14. The molecule has 0 unspecified atom stereocenters. The van der Waals surface area contributed by atoms with Crippen LogP contribution < -0.4 is 10.1 Å². The minimum absolute atomic E-state index is 0.0149. The third-order valence-electron chi connectivity index (χ3n) is 2.64. The summed E-state index contributed by atoms with van der Waals surface area (Å²) in [6, 6.07) is 7.94. The van der Waals surface area contributed by atoms with Gasteiger partial charge in [0, 0.05) is 20.1 Å². The number of ether oxygens (including phenoxy) is 2. The topological polar surface area (TPSA) is 47.6 Å². The molecule has 0 aliphatic rings. The molecular weight excluding hydrogens is 254 g/mol. The Morgan fingerprint density at radius 3 is 2.60 bits per heavy atom. The first-order chi connectivity index (χ1) is 9.42. The normalized spacial score (nSPS) is 11.2. The van der Waals surface area contributed by atoms with Gasteiger partial charge in [-0.3, -0.25) is 4.79 Å². The van der Waals surface area contributed by atoms with Gasteiger partial charge in [0.15, 0.2) is 0 Å². The molecular formula is C16H25NO3. The van der Waals surface area contributed by atoms with Gasteiger partial charge in [-0.25, -0.2) is 0 Å². The van der Waals surface area contributed by atoms with Gasteiger partial charge in [-0.1, -0.05) is 18.2 Å². The summed E-state index contributed by atoms with van der Waals surface area (Å²) in [5, 5.41) is 2.88. The van der Waals surface area contributed by atoms with Crippen molar-refractivity contribution in [2.75, 3.05) is 20.3 Å². The molecule has 112 valence electrons. The molecule has 0 saturated carbocycles. The van der Waals surface area contributed by atoms with Crippen LogP contribution in [0.2, 0.25) is 0 Å². The van der Waals surface area contributed by atoms with E-state index in [1.54, 1.807) is 7.11 Å². The Kier molecular flexibility index (Phi) is 6.52. The number of nitrogens with one attached hydrogen (secondary N) is 1. The van der Waals surface area contributed by atoms with Gasteiger partial charge >= 0.3 is 0 Å². The van der Waals surface area contributed by atoms with Crippen LogP contribution >= 0.6 is 0 Å². The van der Waals surface area contributed by atoms with Crippen LogP contribution in [0, 0.1) is 0 Å². The molecule has 1 rings (SSSR count). The molecule has 4 heteroatoms. The predicted molar refractivity (Wildman–Crippen MR) is 80.0 cm³/mol. The van der Waals surface area contributed by atoms with Crippen LogP contribution in [0.25, 0.3) is 0 Å². The Balaban J connectivity index is 2.49. The third-order valence-corrected chi connectivity index (χ3v) is 2.64. The molecule has 0 spiro atoms. The van der Waals surface area contributed by atoms with Crippen LogP contribution in [-0.2, 0) is 16.0 Å². The second-order valence-corrected chi connectivity index (χ2v) is 5.66. The number of para-hydroxylation sites is 1. The fraction of sp³-hybridized carbons (Fsp3) is 0.562. The zero-order chi connectivity index (χ0) is 15.0. The van der Waals surface area contributed by atoms with E-state index < -0.39 is 0 Å². The van der Waals surface area contributed by atoms with Gasteiger partial charge in [-0.15, -0.1) is 0 Å². The first-order valence-electron chi connectivity index (χ1n) is 6.95. The van der Waals surface area contributed by atoms with Gasteiger partial charge in [0.05, 0.1) is 6.61 Å². The maximum absolute atomic E-state index is 11.5. The van der Waals surface area contributed by atoms with E-state index in [4.69, 9.17) is 9.47 Å². The molecule has 0 saturated heterocycles. The maximum atomic E-state index is 11.5. The molecule has 0 fully saturated rings. The van der Waals surface area contributed by atoms with Crippen molar-refractivity contribution in [1.29, 1.82) is 0 Å². The molecule has 4 nitrogen and oxygen atoms in total. The number of hydrogen-bond acceptors (Lipinski definition) is 3. The van der Waals surface area contributed by atoms with Crippen molar-refractivity contribution in [3.8, 4) is 5.75 Å². The molecule has 0 bridgehead atoms. The van der Waals surface area contributed by atoms with Gasteiger partial charge in [0.25, 0.3) is 0 Å². The van der Waals surface area contributed by atoms with E-state index in [1.165, 1.54) is 0 Å². The Bertz CT molecular complexity index is 424. The summed E-state index contributed by atoms with van der Waals surface area (Å²) in [5.41, 5.74) is 0.882. The van der Waals surface area contributed by atoms with E-state index in [-0.39, 0.29) is 11.5 Å². The number of carbonyl (C=O) groups is 1. The lowest BCUT2D eigenvalue weighted by Crippen LogP contribution is -2.27. The largest absolute Gasteiger partial charge is 0.488 e. The summed E-state index contributed by atoms with van der Waals surface area (Å²) in [6.07, 6.45) is 1.15. The van der Waals surface area contributed by atoms with Crippen molar-refractivity contribution in [1.82, 2.24) is 5.32 Å². The van der Waals surface area contributed by atoms with Crippen LogP contribution in [-0.4, -0.2) is 31.8 Å². The van der Waals surface area contributed by atoms with Crippen LogP contribution in [0.5, 0.6) is 5.75 Å². The van der Waals surface area contributed by atoms with Crippen molar-refractivity contribution in [3.05, 3.63) is 29.8 Å². The van der Waals surface area contributed by atoms with Crippen molar-refractivity contribution >= 4 is 5.91 Å². The van der Waals surface area contributed by atoms with Gasteiger partial charge in [-0.2, -0.15) is 0 Å². The molecule has 0 radical (unpaired) electrons. The number of hydrogen-bond donors (Lipinski definition) is 1. The standard InChI is InChI=1S/C16H25NO3/c1-16(2,3)20-14-8-6-5-7-13(14)9-11-17-15(18)10-12-19-4/h5-8H,9-12H2,1-4H3,(H,17,18). The maximum Gasteiger partial charge on any atom is 0.222 e. The zero-order valence-corrected chi connectivity index (χ0v) is 12.9. The van der Waals surface area contributed by atoms with E-state index in [9.17, 15) is 4.79 Å². The Hall–Kier alpha value is -1.55. The van der Waals surface area contributed by atoms with E-state index in [1.807, 2.05) is 45.0 Å². The summed E-state index contributed by atoms with van der Waals surface area (Å²) >= 11 is 0. The quantitative estimate of drug-likeness (QED) is 0.834. The molecule has 0 aliphatic carbocycles. The molecule has 1 N–H and O–H groups in total. The lowest BCUT2D eigenvalue weighted by atomic mass is 10.1. The molecule has 1 amide bonds. The van der Waals surface area contributed by atoms with Crippen molar-refractivity contribution < 1.29 is 14.3 Å². The predicted octanol–water partition coefficient (Wildman–Crippen LogP) is 2.56. The molecule has 0 aromatic heterocycles. The highest BCUT2D eigenvalue weighted by atomic mass is 16.5. The van der Waals surface area contributed by atoms with Gasteiger partial charge in [0.2, 0.25) is 5.91 Å². The van der Waals surface area contributed by atoms with Crippen molar-refractivity contribution in [2.45, 2.75) is 39.2 Å². The van der Waals surface area contributed by atoms with Crippen LogP contribution in [0.3, 0.4) is 0 Å². The minimum Gasteiger partial charge on any atom is -0.488 e. The van der Waals surface area contributed by atoms with E-state index >= 15 is 0 Å².